The third kappa shape index (κ3) is 7.38. The van der Waals surface area contributed by atoms with E-state index in [4.69, 9.17) is 5.11 Å². The number of hydrogen-bond acceptors (Lipinski definition) is 6. The molecule has 0 aromatic heterocycles. The molecule has 1 aromatic carbocycles. The molecular weight excluding hydrogens is 462 g/mol. The number of piperidine rings is 1. The lowest BCUT2D eigenvalue weighted by atomic mass is 10.0. The molecule has 0 saturated carbocycles. The third-order valence-corrected chi connectivity index (χ3v) is 6.85. The number of fused-ring (bicyclic) bond motifs is 1. The Hall–Kier alpha value is -3.23. The van der Waals surface area contributed by atoms with Gasteiger partial charge in [0.2, 0.25) is 11.8 Å². The van der Waals surface area contributed by atoms with Crippen molar-refractivity contribution < 1.29 is 29.1 Å². The predicted octanol–water partition coefficient (Wildman–Crippen LogP) is 4.27. The minimum Gasteiger partial charge on any atom is -0.481 e. The Kier molecular flexibility index (Phi) is 10.5. The molecule has 36 heavy (non-hydrogen) atoms. The summed E-state index contributed by atoms with van der Waals surface area (Å²) in [5.41, 5.74) is 1.19. The van der Waals surface area contributed by atoms with E-state index in [9.17, 15) is 24.0 Å². The number of aliphatic carboxylic acids is 1. The second kappa shape index (κ2) is 13.8. The van der Waals surface area contributed by atoms with Gasteiger partial charge in [-0.2, -0.15) is 0 Å². The van der Waals surface area contributed by atoms with Gasteiger partial charge in [-0.3, -0.25) is 34.2 Å². The van der Waals surface area contributed by atoms with Crippen LogP contribution in [0.25, 0.3) is 0 Å². The normalized spacial score (nSPS) is 17.3. The summed E-state index contributed by atoms with van der Waals surface area (Å²) in [7, 11) is 0. The SMILES string of the molecule is O=C(O)CCCCCCCCCCCCCNc1cccc2c1C(=O)N(C1CCC(=O)NC1=O)C2=O. The van der Waals surface area contributed by atoms with Crippen LogP contribution >= 0.6 is 0 Å². The first kappa shape index (κ1) is 27.4. The van der Waals surface area contributed by atoms with Gasteiger partial charge in [-0.15, -0.1) is 0 Å². The monoisotopic (exact) mass is 499 g/mol. The Balaban J connectivity index is 1.33. The lowest BCUT2D eigenvalue weighted by Crippen LogP contribution is -2.54. The number of rotatable bonds is 16. The van der Waals surface area contributed by atoms with Crippen LogP contribution in [0.1, 0.15) is 111 Å². The van der Waals surface area contributed by atoms with E-state index in [1.165, 1.54) is 32.1 Å². The predicted molar refractivity (Wildman–Crippen MR) is 135 cm³/mol. The standard InChI is InChI=1S/C27H37N3O6/c31-22-17-16-21(25(34)29-22)30-26(35)19-13-12-14-20(24(19)27(30)36)28-18-11-9-7-5-3-1-2-4-6-8-10-15-23(32)33/h12-14,21,28H,1-11,15-18H2,(H,32,33)(H,29,31,34). The molecular formula is C27H37N3O6. The number of benzene rings is 1. The quantitative estimate of drug-likeness (QED) is 0.229. The molecule has 1 aromatic rings. The molecule has 2 aliphatic heterocycles. The summed E-state index contributed by atoms with van der Waals surface area (Å²) in [6.45, 7) is 0.687. The van der Waals surface area contributed by atoms with Crippen LogP contribution in [-0.4, -0.2) is 52.2 Å². The highest BCUT2D eigenvalue weighted by molar-refractivity contribution is 6.25. The maximum atomic E-state index is 13.1. The highest BCUT2D eigenvalue weighted by Gasteiger charge is 2.45. The van der Waals surface area contributed by atoms with Gasteiger partial charge >= 0.3 is 5.97 Å². The number of carboxylic acid groups (broad SMARTS) is 1. The first-order valence-electron chi connectivity index (χ1n) is 13.2. The fraction of sp³-hybridized carbons (Fsp3) is 0.593. The molecule has 196 valence electrons. The highest BCUT2D eigenvalue weighted by Crippen LogP contribution is 2.32. The Bertz CT molecular complexity index is 976. The molecule has 3 rings (SSSR count). The molecule has 0 spiro atoms. The van der Waals surface area contributed by atoms with Crippen molar-refractivity contribution in [3.63, 3.8) is 0 Å². The van der Waals surface area contributed by atoms with Crippen LogP contribution in [0, 0.1) is 0 Å². The van der Waals surface area contributed by atoms with Gasteiger partial charge in [-0.05, 0) is 31.4 Å². The number of nitrogens with zero attached hydrogens (tertiary/aromatic N) is 1. The van der Waals surface area contributed by atoms with Gasteiger partial charge in [0.15, 0.2) is 0 Å². The fourth-order valence-electron chi connectivity index (χ4n) is 4.88. The number of amides is 4. The van der Waals surface area contributed by atoms with Crippen molar-refractivity contribution in [2.24, 2.45) is 0 Å². The largest absolute Gasteiger partial charge is 0.481 e. The maximum Gasteiger partial charge on any atom is 0.303 e. The lowest BCUT2D eigenvalue weighted by molar-refractivity contribution is -0.138. The molecule has 1 saturated heterocycles. The average molecular weight is 500 g/mol. The number of anilines is 1. The van der Waals surface area contributed by atoms with Gasteiger partial charge in [0, 0.05) is 25.1 Å². The topological polar surface area (TPSA) is 133 Å². The average Bonchev–Trinajstić information content (AvgIpc) is 3.09. The summed E-state index contributed by atoms with van der Waals surface area (Å²) in [5.74, 6) is -2.69. The van der Waals surface area contributed by atoms with Crippen LogP contribution in [0.4, 0.5) is 5.69 Å². The van der Waals surface area contributed by atoms with E-state index >= 15 is 0 Å². The Morgan fingerprint density at radius 3 is 2.11 bits per heavy atom. The van der Waals surface area contributed by atoms with Gasteiger partial charge in [0.1, 0.15) is 6.04 Å². The number of nitrogens with one attached hydrogen (secondary N) is 2. The number of imide groups is 2. The molecule has 1 atom stereocenters. The van der Waals surface area contributed by atoms with E-state index in [0.29, 0.717) is 17.8 Å². The molecule has 2 aliphatic rings. The molecule has 9 nitrogen and oxygen atoms in total. The van der Waals surface area contributed by atoms with E-state index < -0.39 is 29.7 Å². The lowest BCUT2D eigenvalue weighted by Gasteiger charge is -2.27. The molecule has 0 bridgehead atoms. The summed E-state index contributed by atoms with van der Waals surface area (Å²) in [4.78, 5) is 61.1. The van der Waals surface area contributed by atoms with Crippen molar-refractivity contribution in [2.75, 3.05) is 11.9 Å². The van der Waals surface area contributed by atoms with Gasteiger partial charge in [0.05, 0.1) is 11.1 Å². The maximum absolute atomic E-state index is 13.1. The summed E-state index contributed by atoms with van der Waals surface area (Å²) in [6, 6.07) is 4.15. The second-order valence-electron chi connectivity index (χ2n) is 9.63. The van der Waals surface area contributed by atoms with Crippen molar-refractivity contribution in [2.45, 2.75) is 95.9 Å². The minimum absolute atomic E-state index is 0.101. The first-order valence-corrected chi connectivity index (χ1v) is 13.2. The summed E-state index contributed by atoms with van der Waals surface area (Å²) < 4.78 is 0. The van der Waals surface area contributed by atoms with E-state index in [-0.39, 0.29) is 30.7 Å². The first-order chi connectivity index (χ1) is 17.4. The van der Waals surface area contributed by atoms with Crippen LogP contribution in [0.15, 0.2) is 18.2 Å². The number of carbonyl (C=O) groups is 5. The zero-order valence-corrected chi connectivity index (χ0v) is 20.9. The zero-order valence-electron chi connectivity index (χ0n) is 20.9. The van der Waals surface area contributed by atoms with Crippen LogP contribution in [0.5, 0.6) is 0 Å². The molecule has 4 amide bonds. The third-order valence-electron chi connectivity index (χ3n) is 6.85. The Morgan fingerprint density at radius 2 is 1.50 bits per heavy atom. The summed E-state index contributed by atoms with van der Waals surface area (Å²) >= 11 is 0. The number of hydrogen-bond donors (Lipinski definition) is 3. The summed E-state index contributed by atoms with van der Waals surface area (Å²) in [6.07, 6.45) is 12.6. The van der Waals surface area contributed by atoms with E-state index in [1.807, 2.05) is 0 Å². The number of unbranched alkanes of at least 4 members (excludes halogenated alkanes) is 10. The molecule has 3 N–H and O–H groups in total. The van der Waals surface area contributed by atoms with E-state index in [1.54, 1.807) is 18.2 Å². The smallest absolute Gasteiger partial charge is 0.303 e. The van der Waals surface area contributed by atoms with Gasteiger partial charge in [0.25, 0.3) is 11.8 Å². The van der Waals surface area contributed by atoms with Crippen molar-refractivity contribution in [3.8, 4) is 0 Å². The van der Waals surface area contributed by atoms with Crippen LogP contribution in [0.3, 0.4) is 0 Å². The van der Waals surface area contributed by atoms with E-state index in [2.05, 4.69) is 10.6 Å². The second-order valence-corrected chi connectivity index (χ2v) is 9.63. The van der Waals surface area contributed by atoms with Crippen molar-refractivity contribution in [3.05, 3.63) is 29.3 Å². The Labute approximate surface area is 212 Å². The number of carboxylic acids is 1. The fourth-order valence-corrected chi connectivity index (χ4v) is 4.88. The highest BCUT2D eigenvalue weighted by atomic mass is 16.4. The van der Waals surface area contributed by atoms with E-state index in [0.717, 1.165) is 43.4 Å². The number of carbonyl (C=O) groups excluding carboxylic acids is 4. The van der Waals surface area contributed by atoms with Gasteiger partial charge < -0.3 is 10.4 Å². The van der Waals surface area contributed by atoms with Crippen molar-refractivity contribution in [1.82, 2.24) is 10.2 Å². The molecule has 1 unspecified atom stereocenters. The van der Waals surface area contributed by atoms with Crippen LogP contribution in [-0.2, 0) is 14.4 Å². The van der Waals surface area contributed by atoms with Crippen LogP contribution in [0.2, 0.25) is 0 Å². The zero-order chi connectivity index (χ0) is 25.9. The molecule has 9 heteroatoms. The van der Waals surface area contributed by atoms with Crippen molar-refractivity contribution in [1.29, 1.82) is 0 Å². The molecule has 1 fully saturated rings. The Morgan fingerprint density at radius 1 is 0.889 bits per heavy atom. The van der Waals surface area contributed by atoms with Gasteiger partial charge in [-0.1, -0.05) is 63.9 Å². The van der Waals surface area contributed by atoms with Gasteiger partial charge in [-0.25, -0.2) is 0 Å². The molecule has 0 radical (unpaired) electrons. The molecule has 0 aliphatic carbocycles. The van der Waals surface area contributed by atoms with Crippen LogP contribution < -0.4 is 10.6 Å². The summed E-state index contributed by atoms with van der Waals surface area (Å²) in [5, 5.41) is 14.1. The molecule has 2 heterocycles. The minimum atomic E-state index is -0.958. The van der Waals surface area contributed by atoms with Crippen molar-refractivity contribution >= 4 is 35.3 Å².